The van der Waals surface area contributed by atoms with Crippen molar-refractivity contribution < 1.29 is 17.9 Å². The summed E-state index contributed by atoms with van der Waals surface area (Å²) in [5.41, 5.74) is 0.997. The lowest BCUT2D eigenvalue weighted by molar-refractivity contribution is -0.132. The van der Waals surface area contributed by atoms with E-state index >= 15 is 0 Å². The highest BCUT2D eigenvalue weighted by atomic mass is 32.2. The number of nitrogens with zero attached hydrogens (tertiary/aromatic N) is 3. The van der Waals surface area contributed by atoms with Gasteiger partial charge in [0.15, 0.2) is 0 Å². The fourth-order valence-electron chi connectivity index (χ4n) is 4.61. The first-order valence-electron chi connectivity index (χ1n) is 12.1. The lowest BCUT2D eigenvalue weighted by Crippen LogP contribution is -2.40. The Balaban J connectivity index is 1.40. The predicted molar refractivity (Wildman–Crippen MR) is 126 cm³/mol. The molecule has 0 bridgehead atoms. The van der Waals surface area contributed by atoms with E-state index in [9.17, 15) is 13.2 Å². The maximum absolute atomic E-state index is 12.7. The molecular weight excluding hydrogens is 426 g/mol. The van der Waals surface area contributed by atoms with Crippen LogP contribution in [0, 0.1) is 5.92 Å². The second-order valence-corrected chi connectivity index (χ2v) is 10.7. The number of rotatable bonds is 10. The summed E-state index contributed by atoms with van der Waals surface area (Å²) in [6, 6.07) is 6.99. The van der Waals surface area contributed by atoms with Gasteiger partial charge in [0.25, 0.3) is 0 Å². The lowest BCUT2D eigenvalue weighted by Gasteiger charge is -2.34. The first kappa shape index (κ1) is 25.1. The van der Waals surface area contributed by atoms with Crippen molar-refractivity contribution in [2.75, 3.05) is 59.0 Å². The lowest BCUT2D eigenvalue weighted by atomic mass is 9.93. The monoisotopic (exact) mass is 465 g/mol. The Kier molecular flexibility index (Phi) is 9.52. The SMILES string of the molecule is CCN(CC)S(=O)(=O)c1ccc(CCC(=O)N2CCC(CCN3CCOCC3)CC2)cc1. The van der Waals surface area contributed by atoms with E-state index in [1.807, 2.05) is 30.9 Å². The van der Waals surface area contributed by atoms with E-state index in [4.69, 9.17) is 4.74 Å². The van der Waals surface area contributed by atoms with Gasteiger partial charge in [-0.15, -0.1) is 0 Å². The number of carbonyl (C=O) groups is 1. The molecule has 2 aliphatic rings. The van der Waals surface area contributed by atoms with Gasteiger partial charge in [-0.3, -0.25) is 9.69 Å². The minimum absolute atomic E-state index is 0.205. The van der Waals surface area contributed by atoms with Crippen LogP contribution in [0.25, 0.3) is 0 Å². The van der Waals surface area contributed by atoms with Crippen molar-refractivity contribution >= 4 is 15.9 Å². The summed E-state index contributed by atoms with van der Waals surface area (Å²) in [7, 11) is -3.43. The molecular formula is C24H39N3O4S. The molecule has 0 unspecified atom stereocenters. The Bertz CT molecular complexity index is 810. The standard InChI is InChI=1S/C24H39N3O4S/c1-3-27(4-2)32(29,30)23-8-5-21(6-9-23)7-10-24(28)26-15-12-22(13-16-26)11-14-25-17-19-31-20-18-25/h5-6,8-9,22H,3-4,7,10-20H2,1-2H3. The van der Waals surface area contributed by atoms with Crippen LogP contribution in [0.2, 0.25) is 0 Å². The van der Waals surface area contributed by atoms with Crippen LogP contribution in [-0.2, 0) is 26.0 Å². The van der Waals surface area contributed by atoms with Crippen LogP contribution in [0.4, 0.5) is 0 Å². The van der Waals surface area contributed by atoms with Crippen LogP contribution < -0.4 is 0 Å². The highest BCUT2D eigenvalue weighted by Crippen LogP contribution is 2.22. The highest BCUT2D eigenvalue weighted by molar-refractivity contribution is 7.89. The molecule has 1 amide bonds. The van der Waals surface area contributed by atoms with Crippen LogP contribution in [0.5, 0.6) is 0 Å². The first-order chi connectivity index (χ1) is 15.4. The van der Waals surface area contributed by atoms with Gasteiger partial charge < -0.3 is 9.64 Å². The van der Waals surface area contributed by atoms with Gasteiger partial charge in [-0.05, 0) is 55.8 Å². The summed E-state index contributed by atoms with van der Waals surface area (Å²) >= 11 is 0. The van der Waals surface area contributed by atoms with Crippen molar-refractivity contribution in [2.24, 2.45) is 5.92 Å². The van der Waals surface area contributed by atoms with E-state index < -0.39 is 10.0 Å². The fraction of sp³-hybridized carbons (Fsp3) is 0.708. The summed E-state index contributed by atoms with van der Waals surface area (Å²) in [4.78, 5) is 17.5. The third-order valence-electron chi connectivity index (χ3n) is 6.82. The zero-order valence-electron chi connectivity index (χ0n) is 19.7. The number of hydrogen-bond donors (Lipinski definition) is 0. The maximum atomic E-state index is 12.7. The van der Waals surface area contributed by atoms with E-state index in [0.717, 1.165) is 64.3 Å². The smallest absolute Gasteiger partial charge is 0.243 e. The Hall–Kier alpha value is -1.48. The number of ether oxygens (including phenoxy) is 1. The number of piperidine rings is 1. The van der Waals surface area contributed by atoms with Crippen LogP contribution in [0.1, 0.15) is 45.1 Å². The third-order valence-corrected chi connectivity index (χ3v) is 8.88. The zero-order chi connectivity index (χ0) is 23.0. The largest absolute Gasteiger partial charge is 0.379 e. The van der Waals surface area contributed by atoms with Crippen LogP contribution in [0.15, 0.2) is 29.2 Å². The van der Waals surface area contributed by atoms with Crippen molar-refractivity contribution in [3.8, 4) is 0 Å². The molecule has 8 heteroatoms. The van der Waals surface area contributed by atoms with Crippen LogP contribution in [0.3, 0.4) is 0 Å². The molecule has 1 aromatic carbocycles. The summed E-state index contributed by atoms with van der Waals surface area (Å²) < 4.78 is 32.1. The number of benzene rings is 1. The molecule has 0 radical (unpaired) electrons. The fourth-order valence-corrected chi connectivity index (χ4v) is 6.07. The van der Waals surface area contributed by atoms with Gasteiger partial charge in [-0.25, -0.2) is 8.42 Å². The zero-order valence-corrected chi connectivity index (χ0v) is 20.5. The van der Waals surface area contributed by atoms with E-state index in [2.05, 4.69) is 4.90 Å². The number of likely N-dealkylation sites (tertiary alicyclic amines) is 1. The highest BCUT2D eigenvalue weighted by Gasteiger charge is 2.24. The average Bonchev–Trinajstić information content (AvgIpc) is 2.83. The normalized spacial score (nSPS) is 18.9. The molecule has 0 spiro atoms. The van der Waals surface area contributed by atoms with Gasteiger partial charge in [0.1, 0.15) is 0 Å². The molecule has 180 valence electrons. The van der Waals surface area contributed by atoms with E-state index in [1.54, 1.807) is 12.1 Å². The summed E-state index contributed by atoms with van der Waals surface area (Å²) in [5, 5.41) is 0. The van der Waals surface area contributed by atoms with Gasteiger partial charge in [0.2, 0.25) is 15.9 Å². The minimum atomic E-state index is -3.43. The third kappa shape index (κ3) is 6.76. The second kappa shape index (κ2) is 12.1. The van der Waals surface area contributed by atoms with Crippen LogP contribution >= 0.6 is 0 Å². The Morgan fingerprint density at radius 2 is 1.66 bits per heavy atom. The molecule has 3 rings (SSSR count). The van der Waals surface area contributed by atoms with Gasteiger partial charge in [0, 0.05) is 45.7 Å². The number of aryl methyl sites for hydroxylation is 1. The Morgan fingerprint density at radius 1 is 1.03 bits per heavy atom. The number of morpholine rings is 1. The van der Waals surface area contributed by atoms with Gasteiger partial charge in [-0.2, -0.15) is 4.31 Å². The molecule has 0 saturated carbocycles. The number of sulfonamides is 1. The molecule has 2 fully saturated rings. The molecule has 0 atom stereocenters. The summed E-state index contributed by atoms with van der Waals surface area (Å²) in [6.07, 6.45) is 4.51. The van der Waals surface area contributed by atoms with Crippen molar-refractivity contribution in [1.29, 1.82) is 0 Å². The maximum Gasteiger partial charge on any atom is 0.243 e. The Morgan fingerprint density at radius 3 is 2.25 bits per heavy atom. The average molecular weight is 466 g/mol. The summed E-state index contributed by atoms with van der Waals surface area (Å²) in [5.74, 6) is 0.915. The molecule has 2 heterocycles. The minimum Gasteiger partial charge on any atom is -0.379 e. The molecule has 0 N–H and O–H groups in total. The van der Waals surface area contributed by atoms with Crippen molar-refractivity contribution in [1.82, 2.24) is 14.1 Å². The number of amides is 1. The first-order valence-corrected chi connectivity index (χ1v) is 13.5. The quantitative estimate of drug-likeness (QED) is 0.531. The number of hydrogen-bond acceptors (Lipinski definition) is 5. The van der Waals surface area contributed by atoms with E-state index in [-0.39, 0.29) is 5.91 Å². The molecule has 0 aliphatic carbocycles. The summed E-state index contributed by atoms with van der Waals surface area (Å²) in [6.45, 7) is 11.2. The van der Waals surface area contributed by atoms with E-state index in [1.165, 1.54) is 10.7 Å². The van der Waals surface area contributed by atoms with Crippen LogP contribution in [-0.4, -0.2) is 87.5 Å². The molecule has 0 aromatic heterocycles. The second-order valence-electron chi connectivity index (χ2n) is 8.80. The van der Waals surface area contributed by atoms with Crippen molar-refractivity contribution in [3.63, 3.8) is 0 Å². The van der Waals surface area contributed by atoms with Gasteiger partial charge in [0.05, 0.1) is 18.1 Å². The Labute approximate surface area is 193 Å². The predicted octanol–water partition coefficient (Wildman–Crippen LogP) is 2.61. The van der Waals surface area contributed by atoms with Gasteiger partial charge >= 0.3 is 0 Å². The van der Waals surface area contributed by atoms with Gasteiger partial charge in [-0.1, -0.05) is 26.0 Å². The molecule has 7 nitrogen and oxygen atoms in total. The topological polar surface area (TPSA) is 70.2 Å². The molecule has 2 aliphatic heterocycles. The van der Waals surface area contributed by atoms with E-state index in [0.29, 0.717) is 36.7 Å². The molecule has 32 heavy (non-hydrogen) atoms. The number of carbonyl (C=O) groups excluding carboxylic acids is 1. The molecule has 1 aromatic rings. The van der Waals surface area contributed by atoms with Crippen molar-refractivity contribution in [3.05, 3.63) is 29.8 Å². The molecule has 2 saturated heterocycles. The van der Waals surface area contributed by atoms with Crippen molar-refractivity contribution in [2.45, 2.75) is 50.8 Å².